The minimum atomic E-state index is 0.265. The third kappa shape index (κ3) is 3.26. The summed E-state index contributed by atoms with van der Waals surface area (Å²) in [5.74, 6) is 1.78. The third-order valence-electron chi connectivity index (χ3n) is 3.15. The highest BCUT2D eigenvalue weighted by molar-refractivity contribution is 7.99. The molecule has 108 valence electrons. The van der Waals surface area contributed by atoms with Crippen molar-refractivity contribution in [1.82, 2.24) is 15.3 Å². The van der Waals surface area contributed by atoms with Crippen LogP contribution in [-0.4, -0.2) is 48.1 Å². The molecule has 2 N–H and O–H groups in total. The maximum Gasteiger partial charge on any atom is 0.166 e. The summed E-state index contributed by atoms with van der Waals surface area (Å²) < 4.78 is 11.2. The number of rotatable bonds is 5. The van der Waals surface area contributed by atoms with Gasteiger partial charge in [-0.1, -0.05) is 11.8 Å². The van der Waals surface area contributed by atoms with Crippen LogP contribution in [-0.2, 0) is 4.74 Å². The summed E-state index contributed by atoms with van der Waals surface area (Å²) in [6, 6.07) is 5.93. The van der Waals surface area contributed by atoms with Gasteiger partial charge in [-0.15, -0.1) is 0 Å². The summed E-state index contributed by atoms with van der Waals surface area (Å²) in [5.41, 5.74) is 1.99. The second-order valence-corrected chi connectivity index (χ2v) is 5.67. The fourth-order valence-electron chi connectivity index (χ4n) is 2.19. The number of hydrogen-bond acceptors (Lipinski definition) is 5. The Morgan fingerprint density at radius 1 is 1.50 bits per heavy atom. The maximum absolute atomic E-state index is 5.68. The van der Waals surface area contributed by atoms with Crippen molar-refractivity contribution in [3.63, 3.8) is 0 Å². The second kappa shape index (κ2) is 6.47. The molecule has 0 spiro atoms. The Morgan fingerprint density at radius 2 is 2.45 bits per heavy atom. The van der Waals surface area contributed by atoms with Crippen LogP contribution < -0.4 is 10.1 Å². The van der Waals surface area contributed by atoms with Crippen molar-refractivity contribution in [2.45, 2.75) is 18.2 Å². The second-order valence-electron chi connectivity index (χ2n) is 4.66. The van der Waals surface area contributed by atoms with E-state index in [0.29, 0.717) is 6.61 Å². The maximum atomic E-state index is 5.68. The predicted molar refractivity (Wildman–Crippen MR) is 80.6 cm³/mol. The van der Waals surface area contributed by atoms with Gasteiger partial charge in [0, 0.05) is 24.9 Å². The lowest BCUT2D eigenvalue weighted by molar-refractivity contribution is 0.0440. The number of nitrogens with one attached hydrogen (secondary N) is 2. The zero-order valence-electron chi connectivity index (χ0n) is 11.5. The molecule has 1 aromatic carbocycles. The number of nitrogens with zero attached hydrogens (tertiary/aromatic N) is 1. The molecular weight excluding hydrogens is 274 g/mol. The van der Waals surface area contributed by atoms with Crippen LogP contribution in [0.5, 0.6) is 5.75 Å². The Hall–Kier alpha value is -1.24. The van der Waals surface area contributed by atoms with Crippen molar-refractivity contribution in [2.75, 3.05) is 32.1 Å². The molecule has 0 aliphatic carbocycles. The monoisotopic (exact) mass is 293 g/mol. The summed E-state index contributed by atoms with van der Waals surface area (Å²) in [4.78, 5) is 7.90. The molecule has 1 unspecified atom stereocenters. The van der Waals surface area contributed by atoms with Gasteiger partial charge >= 0.3 is 0 Å². The average Bonchev–Trinajstić information content (AvgIpc) is 2.89. The Kier molecular flexibility index (Phi) is 4.44. The van der Waals surface area contributed by atoms with Crippen molar-refractivity contribution in [1.29, 1.82) is 0 Å². The van der Waals surface area contributed by atoms with E-state index in [9.17, 15) is 0 Å². The van der Waals surface area contributed by atoms with Gasteiger partial charge in [0.2, 0.25) is 0 Å². The largest absolute Gasteiger partial charge is 0.494 e. The number of thioether (sulfide) groups is 1. The molecule has 0 bridgehead atoms. The van der Waals surface area contributed by atoms with E-state index >= 15 is 0 Å². The van der Waals surface area contributed by atoms with Crippen molar-refractivity contribution >= 4 is 22.8 Å². The zero-order valence-corrected chi connectivity index (χ0v) is 12.3. The topological polar surface area (TPSA) is 59.2 Å². The van der Waals surface area contributed by atoms with E-state index in [2.05, 4.69) is 15.3 Å². The molecule has 1 atom stereocenters. The van der Waals surface area contributed by atoms with Crippen LogP contribution in [0.4, 0.5) is 0 Å². The van der Waals surface area contributed by atoms with Crippen LogP contribution in [0.25, 0.3) is 11.0 Å². The normalized spacial score (nSPS) is 19.4. The SMILES string of the molecule is CCOc1ccc2nc(SCC3CNCCO3)[nH]c2c1. The quantitative estimate of drug-likeness (QED) is 0.826. The molecule has 0 amide bonds. The summed E-state index contributed by atoms with van der Waals surface area (Å²) in [6.45, 7) is 5.32. The van der Waals surface area contributed by atoms with Gasteiger partial charge in [0.05, 0.1) is 30.4 Å². The van der Waals surface area contributed by atoms with Gasteiger partial charge in [0.15, 0.2) is 5.16 Å². The molecule has 1 fully saturated rings. The number of imidazole rings is 1. The number of aromatic amines is 1. The van der Waals surface area contributed by atoms with Crippen LogP contribution in [0.1, 0.15) is 6.92 Å². The fourth-order valence-corrected chi connectivity index (χ4v) is 3.09. The van der Waals surface area contributed by atoms with E-state index in [1.54, 1.807) is 11.8 Å². The minimum absolute atomic E-state index is 0.265. The van der Waals surface area contributed by atoms with Gasteiger partial charge in [-0.3, -0.25) is 0 Å². The molecule has 5 nitrogen and oxygen atoms in total. The first-order chi connectivity index (χ1) is 9.85. The first-order valence-electron chi connectivity index (χ1n) is 6.93. The van der Waals surface area contributed by atoms with Gasteiger partial charge < -0.3 is 19.8 Å². The first-order valence-corrected chi connectivity index (χ1v) is 7.91. The highest BCUT2D eigenvalue weighted by atomic mass is 32.2. The Balaban J connectivity index is 1.65. The molecule has 3 rings (SSSR count). The van der Waals surface area contributed by atoms with Gasteiger partial charge in [0.1, 0.15) is 5.75 Å². The summed E-state index contributed by atoms with van der Waals surface area (Å²) in [6.07, 6.45) is 0.265. The smallest absolute Gasteiger partial charge is 0.166 e. The molecule has 1 aliphatic heterocycles. The van der Waals surface area contributed by atoms with Crippen molar-refractivity contribution in [3.8, 4) is 5.75 Å². The zero-order chi connectivity index (χ0) is 13.8. The molecule has 1 aromatic heterocycles. The Morgan fingerprint density at radius 3 is 3.25 bits per heavy atom. The molecule has 6 heteroatoms. The average molecular weight is 293 g/mol. The fraction of sp³-hybridized carbons (Fsp3) is 0.500. The van der Waals surface area contributed by atoms with Gasteiger partial charge in [-0.05, 0) is 19.1 Å². The lowest BCUT2D eigenvalue weighted by Gasteiger charge is -2.22. The van der Waals surface area contributed by atoms with Crippen molar-refractivity contribution in [2.24, 2.45) is 0 Å². The molecular formula is C14H19N3O2S. The lowest BCUT2D eigenvalue weighted by Crippen LogP contribution is -2.39. The summed E-state index contributed by atoms with van der Waals surface area (Å²) in [5, 5.41) is 4.27. The van der Waals surface area contributed by atoms with Crippen molar-refractivity contribution in [3.05, 3.63) is 18.2 Å². The lowest BCUT2D eigenvalue weighted by atomic mass is 10.3. The number of H-pyrrole nitrogens is 1. The molecule has 20 heavy (non-hydrogen) atoms. The van der Waals surface area contributed by atoms with Crippen LogP contribution >= 0.6 is 11.8 Å². The highest BCUT2D eigenvalue weighted by Crippen LogP contribution is 2.24. The third-order valence-corrected chi connectivity index (χ3v) is 4.16. The van der Waals surface area contributed by atoms with Gasteiger partial charge in [-0.25, -0.2) is 4.98 Å². The summed E-state index contributed by atoms with van der Waals surface area (Å²) >= 11 is 1.70. The van der Waals surface area contributed by atoms with E-state index in [1.807, 2.05) is 25.1 Å². The predicted octanol–water partition coefficient (Wildman–Crippen LogP) is 2.04. The number of fused-ring (bicyclic) bond motifs is 1. The Bertz CT molecular complexity index is 567. The number of hydrogen-bond donors (Lipinski definition) is 2. The molecule has 1 aliphatic rings. The molecule has 0 radical (unpaired) electrons. The van der Waals surface area contributed by atoms with Gasteiger partial charge in [0.25, 0.3) is 0 Å². The van der Waals surface area contributed by atoms with E-state index < -0.39 is 0 Å². The first kappa shape index (κ1) is 13.7. The number of benzene rings is 1. The standard InChI is InChI=1S/C14H19N3O2S/c1-2-18-10-3-4-12-13(7-10)17-14(16-12)20-9-11-8-15-5-6-19-11/h3-4,7,11,15H,2,5-6,8-9H2,1H3,(H,16,17). The van der Waals surface area contributed by atoms with E-state index in [0.717, 1.165) is 47.4 Å². The van der Waals surface area contributed by atoms with E-state index in [1.165, 1.54) is 0 Å². The minimum Gasteiger partial charge on any atom is -0.494 e. The van der Waals surface area contributed by atoms with Gasteiger partial charge in [-0.2, -0.15) is 0 Å². The molecule has 0 saturated carbocycles. The van der Waals surface area contributed by atoms with E-state index in [4.69, 9.17) is 9.47 Å². The van der Waals surface area contributed by atoms with Crippen molar-refractivity contribution < 1.29 is 9.47 Å². The summed E-state index contributed by atoms with van der Waals surface area (Å²) in [7, 11) is 0. The van der Waals surface area contributed by atoms with E-state index in [-0.39, 0.29) is 6.10 Å². The number of aromatic nitrogens is 2. The Labute approximate surface area is 122 Å². The number of morpholine rings is 1. The molecule has 2 heterocycles. The molecule has 1 saturated heterocycles. The highest BCUT2D eigenvalue weighted by Gasteiger charge is 2.14. The van der Waals surface area contributed by atoms with Crippen LogP contribution in [0, 0.1) is 0 Å². The van der Waals surface area contributed by atoms with Crippen LogP contribution in [0.2, 0.25) is 0 Å². The number of ether oxygens (including phenoxy) is 2. The van der Waals surface area contributed by atoms with Crippen LogP contribution in [0.3, 0.4) is 0 Å². The molecule has 2 aromatic rings. The van der Waals surface area contributed by atoms with Crippen LogP contribution in [0.15, 0.2) is 23.4 Å².